The van der Waals surface area contributed by atoms with E-state index in [2.05, 4.69) is 38.2 Å². The van der Waals surface area contributed by atoms with Crippen molar-refractivity contribution in [3.63, 3.8) is 0 Å². The molecule has 0 aromatic rings. The van der Waals surface area contributed by atoms with Gasteiger partial charge in [-0.2, -0.15) is 0 Å². The van der Waals surface area contributed by atoms with Crippen molar-refractivity contribution in [3.05, 3.63) is 0 Å². The van der Waals surface area contributed by atoms with E-state index in [-0.39, 0.29) is 6.10 Å². The van der Waals surface area contributed by atoms with E-state index in [4.69, 9.17) is 0 Å². The summed E-state index contributed by atoms with van der Waals surface area (Å²) in [5.41, 5.74) is 0. The zero-order chi connectivity index (χ0) is 12.8. The lowest BCUT2D eigenvalue weighted by Gasteiger charge is -2.34. The van der Waals surface area contributed by atoms with Gasteiger partial charge in [-0.05, 0) is 39.3 Å². The minimum atomic E-state index is -0.138. The average molecular weight is 242 g/mol. The van der Waals surface area contributed by atoms with Crippen molar-refractivity contribution >= 4 is 0 Å². The second kappa shape index (κ2) is 7.34. The van der Waals surface area contributed by atoms with Crippen molar-refractivity contribution < 1.29 is 5.11 Å². The fourth-order valence-corrected chi connectivity index (χ4v) is 2.81. The summed E-state index contributed by atoms with van der Waals surface area (Å²) in [5, 5.41) is 13.7. The van der Waals surface area contributed by atoms with Crippen molar-refractivity contribution in [1.82, 2.24) is 10.2 Å². The quantitative estimate of drug-likeness (QED) is 0.746. The fourth-order valence-electron chi connectivity index (χ4n) is 2.81. The molecule has 1 saturated carbocycles. The number of rotatable bonds is 6. The Labute approximate surface area is 107 Å². The van der Waals surface area contributed by atoms with E-state index in [9.17, 15) is 5.11 Å². The molecule has 17 heavy (non-hydrogen) atoms. The lowest BCUT2D eigenvalue weighted by atomic mass is 9.91. The molecule has 2 N–H and O–H groups in total. The summed E-state index contributed by atoms with van der Waals surface area (Å²) in [4.78, 5) is 2.23. The van der Waals surface area contributed by atoms with Crippen LogP contribution < -0.4 is 5.32 Å². The van der Waals surface area contributed by atoms with Crippen molar-refractivity contribution in [1.29, 1.82) is 0 Å². The summed E-state index contributed by atoms with van der Waals surface area (Å²) in [6.07, 6.45) is 5.58. The van der Waals surface area contributed by atoms with Gasteiger partial charge >= 0.3 is 0 Å². The maximum Gasteiger partial charge on any atom is 0.0693 e. The summed E-state index contributed by atoms with van der Waals surface area (Å²) < 4.78 is 0. The summed E-state index contributed by atoms with van der Waals surface area (Å²) in [7, 11) is 4.23. The molecule has 0 bridgehead atoms. The van der Waals surface area contributed by atoms with Crippen molar-refractivity contribution in [2.24, 2.45) is 5.92 Å². The molecule has 1 aliphatic carbocycles. The first-order valence-electron chi connectivity index (χ1n) is 7.08. The Kier molecular flexibility index (Phi) is 6.45. The highest BCUT2D eigenvalue weighted by atomic mass is 16.3. The molecule has 102 valence electrons. The summed E-state index contributed by atoms with van der Waals surface area (Å²) in [5.74, 6) is 0.702. The zero-order valence-corrected chi connectivity index (χ0v) is 11.9. The molecule has 1 rings (SSSR count). The van der Waals surface area contributed by atoms with Gasteiger partial charge in [-0.15, -0.1) is 0 Å². The van der Waals surface area contributed by atoms with Crippen LogP contribution in [0.1, 0.15) is 46.0 Å². The molecule has 0 aliphatic heterocycles. The summed E-state index contributed by atoms with van der Waals surface area (Å²) >= 11 is 0. The predicted octanol–water partition coefficient (Wildman–Crippen LogP) is 1.86. The molecule has 3 heteroatoms. The number of aliphatic hydroxyl groups is 1. The van der Waals surface area contributed by atoms with Gasteiger partial charge in [0.05, 0.1) is 6.10 Å². The highest BCUT2D eigenvalue weighted by Crippen LogP contribution is 2.19. The molecule has 3 unspecified atom stereocenters. The Morgan fingerprint density at radius 2 is 1.88 bits per heavy atom. The zero-order valence-electron chi connectivity index (χ0n) is 11.9. The monoisotopic (exact) mass is 242 g/mol. The molecule has 0 saturated heterocycles. The molecular weight excluding hydrogens is 212 g/mol. The van der Waals surface area contributed by atoms with Gasteiger partial charge in [0.25, 0.3) is 0 Å². The molecule has 0 aromatic carbocycles. The molecule has 1 fully saturated rings. The third kappa shape index (κ3) is 5.84. The van der Waals surface area contributed by atoms with E-state index >= 15 is 0 Å². The van der Waals surface area contributed by atoms with Gasteiger partial charge in [-0.25, -0.2) is 0 Å². The van der Waals surface area contributed by atoms with Crippen molar-refractivity contribution in [2.45, 2.75) is 64.1 Å². The van der Waals surface area contributed by atoms with Gasteiger partial charge in [0.2, 0.25) is 0 Å². The second-order valence-electron chi connectivity index (χ2n) is 6.21. The fraction of sp³-hybridized carbons (Fsp3) is 1.00. The van der Waals surface area contributed by atoms with Crippen LogP contribution in [0.3, 0.4) is 0 Å². The minimum absolute atomic E-state index is 0.138. The van der Waals surface area contributed by atoms with Gasteiger partial charge in [-0.1, -0.05) is 26.7 Å². The number of likely N-dealkylation sites (N-methyl/N-ethyl adjacent to an activating group) is 1. The normalized spacial score (nSPS) is 27.7. The van der Waals surface area contributed by atoms with E-state index in [1.165, 1.54) is 19.3 Å². The summed E-state index contributed by atoms with van der Waals surface area (Å²) in [6.45, 7) is 5.59. The molecule has 1 aliphatic rings. The Bertz CT molecular complexity index is 196. The van der Waals surface area contributed by atoms with Crippen LogP contribution in [0.2, 0.25) is 0 Å². The number of hydrogen-bond donors (Lipinski definition) is 2. The van der Waals surface area contributed by atoms with Crippen molar-refractivity contribution in [2.75, 3.05) is 20.6 Å². The first-order chi connectivity index (χ1) is 7.99. The standard InChI is InChI=1S/C14H30N2O/c1-11(2)9-12(10-16(3)4)15-13-7-5-6-8-14(13)17/h11-15,17H,5-10H2,1-4H3. The lowest BCUT2D eigenvalue weighted by molar-refractivity contribution is 0.0804. The lowest BCUT2D eigenvalue weighted by Crippen LogP contribution is -2.50. The van der Waals surface area contributed by atoms with Crippen molar-refractivity contribution in [3.8, 4) is 0 Å². The first-order valence-corrected chi connectivity index (χ1v) is 7.08. The van der Waals surface area contributed by atoms with E-state index in [1.54, 1.807) is 0 Å². The van der Waals surface area contributed by atoms with Crippen LogP contribution in [-0.4, -0.2) is 48.8 Å². The number of hydrogen-bond acceptors (Lipinski definition) is 3. The maximum absolute atomic E-state index is 10.0. The molecule has 0 amide bonds. The van der Waals surface area contributed by atoms with Gasteiger partial charge in [0.1, 0.15) is 0 Å². The molecule has 0 aromatic heterocycles. The number of nitrogens with zero attached hydrogens (tertiary/aromatic N) is 1. The molecular formula is C14H30N2O. The van der Waals surface area contributed by atoms with Crippen LogP contribution in [0.15, 0.2) is 0 Å². The van der Waals surface area contributed by atoms with Crippen LogP contribution >= 0.6 is 0 Å². The van der Waals surface area contributed by atoms with Gasteiger partial charge < -0.3 is 15.3 Å². The third-order valence-electron chi connectivity index (χ3n) is 3.52. The van der Waals surface area contributed by atoms with Gasteiger partial charge in [-0.3, -0.25) is 0 Å². The maximum atomic E-state index is 10.0. The highest BCUT2D eigenvalue weighted by molar-refractivity contribution is 4.84. The summed E-state index contributed by atoms with van der Waals surface area (Å²) in [6, 6.07) is 0.815. The average Bonchev–Trinajstić information content (AvgIpc) is 2.19. The largest absolute Gasteiger partial charge is 0.392 e. The SMILES string of the molecule is CC(C)CC(CN(C)C)NC1CCCCC1O. The molecule has 0 heterocycles. The molecule has 0 spiro atoms. The van der Waals surface area contributed by atoms with Crippen LogP contribution in [0, 0.1) is 5.92 Å². The van der Waals surface area contributed by atoms with Gasteiger partial charge in [0.15, 0.2) is 0 Å². The number of nitrogens with one attached hydrogen (secondary N) is 1. The van der Waals surface area contributed by atoms with E-state index in [0.29, 0.717) is 18.0 Å². The Hall–Kier alpha value is -0.120. The molecule has 0 radical (unpaired) electrons. The predicted molar refractivity (Wildman–Crippen MR) is 73.2 cm³/mol. The number of aliphatic hydroxyl groups excluding tert-OH is 1. The molecule has 3 atom stereocenters. The highest BCUT2D eigenvalue weighted by Gasteiger charge is 2.25. The van der Waals surface area contributed by atoms with Crippen LogP contribution in [0.25, 0.3) is 0 Å². The third-order valence-corrected chi connectivity index (χ3v) is 3.52. The van der Waals surface area contributed by atoms with Crippen LogP contribution in [-0.2, 0) is 0 Å². The second-order valence-corrected chi connectivity index (χ2v) is 6.21. The molecule has 3 nitrogen and oxygen atoms in total. The first kappa shape index (κ1) is 14.9. The van der Waals surface area contributed by atoms with E-state index in [1.807, 2.05) is 0 Å². The van der Waals surface area contributed by atoms with Crippen LogP contribution in [0.4, 0.5) is 0 Å². The Morgan fingerprint density at radius 1 is 1.24 bits per heavy atom. The minimum Gasteiger partial charge on any atom is -0.392 e. The Balaban J connectivity index is 2.45. The van der Waals surface area contributed by atoms with E-state index < -0.39 is 0 Å². The Morgan fingerprint density at radius 3 is 2.41 bits per heavy atom. The smallest absolute Gasteiger partial charge is 0.0693 e. The van der Waals surface area contributed by atoms with E-state index in [0.717, 1.165) is 19.4 Å². The van der Waals surface area contributed by atoms with Gasteiger partial charge in [0, 0.05) is 18.6 Å². The van der Waals surface area contributed by atoms with Crippen LogP contribution in [0.5, 0.6) is 0 Å². The topological polar surface area (TPSA) is 35.5 Å².